The van der Waals surface area contributed by atoms with Crippen LogP contribution >= 0.6 is 11.8 Å². The molecule has 2 aromatic carbocycles. The lowest BCUT2D eigenvalue weighted by Gasteiger charge is -2.18. The third-order valence-corrected chi connectivity index (χ3v) is 5.59. The van der Waals surface area contributed by atoms with Gasteiger partial charge in [-0.25, -0.2) is 4.98 Å². The Morgan fingerprint density at radius 3 is 2.75 bits per heavy atom. The highest BCUT2D eigenvalue weighted by atomic mass is 32.2. The molecule has 0 bridgehead atoms. The molecular weight excluding hydrogens is 370 g/mol. The van der Waals surface area contributed by atoms with Crippen molar-refractivity contribution in [1.29, 1.82) is 0 Å². The molecule has 0 spiro atoms. The first-order chi connectivity index (χ1) is 13.6. The lowest BCUT2D eigenvalue weighted by molar-refractivity contribution is -0.115. The molecule has 28 heavy (non-hydrogen) atoms. The average Bonchev–Trinajstić information content (AvgIpc) is 3.14. The van der Waals surface area contributed by atoms with Gasteiger partial charge in [-0.3, -0.25) is 4.79 Å². The van der Waals surface area contributed by atoms with Gasteiger partial charge < -0.3 is 14.6 Å². The zero-order valence-electron chi connectivity index (χ0n) is 16.4. The topological polar surface area (TPSA) is 56.2 Å². The minimum Gasteiger partial charge on any atom is -0.495 e. The average molecular weight is 396 g/mol. The molecule has 0 aliphatic heterocycles. The molecule has 3 rings (SSSR count). The standard InChI is InChI=1S/C22H25N3O2S/c1-4-13-25-14-12-23-22(25)28-20(17-8-6-5-7-9-17)21(26)24-18-15-16(2)10-11-19(18)27-3/h5-12,14-15,20H,4,13H2,1-3H3,(H,24,26). The van der Waals surface area contributed by atoms with Gasteiger partial charge in [-0.15, -0.1) is 0 Å². The van der Waals surface area contributed by atoms with Crippen LogP contribution in [0.3, 0.4) is 0 Å². The van der Waals surface area contributed by atoms with Gasteiger partial charge in [0.05, 0.1) is 12.8 Å². The van der Waals surface area contributed by atoms with E-state index in [0.29, 0.717) is 11.4 Å². The van der Waals surface area contributed by atoms with Gasteiger partial charge in [0.15, 0.2) is 5.16 Å². The highest BCUT2D eigenvalue weighted by Crippen LogP contribution is 2.36. The molecule has 1 aromatic heterocycles. The number of aromatic nitrogens is 2. The van der Waals surface area contributed by atoms with Crippen molar-refractivity contribution in [2.45, 2.75) is 37.2 Å². The van der Waals surface area contributed by atoms with Crippen molar-refractivity contribution in [2.75, 3.05) is 12.4 Å². The minimum absolute atomic E-state index is 0.105. The fourth-order valence-electron chi connectivity index (χ4n) is 2.95. The van der Waals surface area contributed by atoms with Crippen LogP contribution in [0.4, 0.5) is 5.69 Å². The summed E-state index contributed by atoms with van der Waals surface area (Å²) in [5.41, 5.74) is 2.66. The van der Waals surface area contributed by atoms with E-state index in [9.17, 15) is 4.79 Å². The van der Waals surface area contributed by atoms with Crippen molar-refractivity contribution in [1.82, 2.24) is 9.55 Å². The van der Waals surface area contributed by atoms with Crippen LogP contribution in [0.5, 0.6) is 5.75 Å². The van der Waals surface area contributed by atoms with Crippen molar-refractivity contribution in [3.63, 3.8) is 0 Å². The van der Waals surface area contributed by atoms with E-state index in [0.717, 1.165) is 29.2 Å². The number of carbonyl (C=O) groups is 1. The molecule has 1 unspecified atom stereocenters. The fourth-order valence-corrected chi connectivity index (χ4v) is 4.03. The number of benzene rings is 2. The van der Waals surface area contributed by atoms with Gasteiger partial charge in [0.1, 0.15) is 11.0 Å². The van der Waals surface area contributed by atoms with Gasteiger partial charge in [-0.1, -0.05) is 55.1 Å². The number of methoxy groups -OCH3 is 1. The molecule has 0 aliphatic carbocycles. The molecule has 1 N–H and O–H groups in total. The van der Waals surface area contributed by atoms with Crippen molar-refractivity contribution in [3.8, 4) is 5.75 Å². The highest BCUT2D eigenvalue weighted by molar-refractivity contribution is 8.00. The van der Waals surface area contributed by atoms with Crippen LogP contribution in [0.2, 0.25) is 0 Å². The zero-order chi connectivity index (χ0) is 19.9. The number of aryl methyl sites for hydroxylation is 2. The summed E-state index contributed by atoms with van der Waals surface area (Å²) in [4.78, 5) is 17.7. The van der Waals surface area contributed by atoms with Gasteiger partial charge >= 0.3 is 0 Å². The van der Waals surface area contributed by atoms with E-state index in [1.54, 1.807) is 13.3 Å². The van der Waals surface area contributed by atoms with E-state index in [2.05, 4.69) is 21.8 Å². The Morgan fingerprint density at radius 1 is 1.25 bits per heavy atom. The van der Waals surface area contributed by atoms with Crippen LogP contribution in [-0.2, 0) is 11.3 Å². The molecule has 0 saturated carbocycles. The number of nitrogens with zero attached hydrogens (tertiary/aromatic N) is 2. The van der Waals surface area contributed by atoms with E-state index in [-0.39, 0.29) is 5.91 Å². The predicted octanol–water partition coefficient (Wildman–Crippen LogP) is 5.08. The first kappa shape index (κ1) is 20.0. The maximum atomic E-state index is 13.3. The summed E-state index contributed by atoms with van der Waals surface area (Å²) in [7, 11) is 1.60. The van der Waals surface area contributed by atoms with Gasteiger partial charge in [0.25, 0.3) is 0 Å². The number of imidazole rings is 1. The number of ether oxygens (including phenoxy) is 1. The second-order valence-corrected chi connectivity index (χ2v) is 7.58. The number of hydrogen-bond donors (Lipinski definition) is 1. The monoisotopic (exact) mass is 395 g/mol. The summed E-state index contributed by atoms with van der Waals surface area (Å²) in [6.45, 7) is 4.98. The minimum atomic E-state index is -0.426. The van der Waals surface area contributed by atoms with Crippen LogP contribution < -0.4 is 10.1 Å². The number of hydrogen-bond acceptors (Lipinski definition) is 4. The van der Waals surface area contributed by atoms with Crippen LogP contribution in [0.25, 0.3) is 0 Å². The Labute approximate surface area is 170 Å². The Kier molecular flexibility index (Phi) is 6.76. The third kappa shape index (κ3) is 4.75. The number of nitrogens with one attached hydrogen (secondary N) is 1. The Balaban J connectivity index is 1.90. The third-order valence-electron chi connectivity index (χ3n) is 4.32. The number of thioether (sulfide) groups is 1. The largest absolute Gasteiger partial charge is 0.495 e. The van der Waals surface area contributed by atoms with Crippen LogP contribution in [0.15, 0.2) is 66.1 Å². The van der Waals surface area contributed by atoms with Crippen LogP contribution in [0.1, 0.15) is 29.7 Å². The van der Waals surface area contributed by atoms with Crippen molar-refractivity contribution < 1.29 is 9.53 Å². The van der Waals surface area contributed by atoms with Gasteiger partial charge in [0.2, 0.25) is 5.91 Å². The maximum absolute atomic E-state index is 13.3. The lowest BCUT2D eigenvalue weighted by Crippen LogP contribution is -2.20. The molecule has 0 saturated heterocycles. The molecule has 5 nitrogen and oxygen atoms in total. The summed E-state index contributed by atoms with van der Waals surface area (Å²) in [6, 6.07) is 15.5. The van der Waals surface area contributed by atoms with Crippen molar-refractivity contribution in [3.05, 3.63) is 72.1 Å². The second kappa shape index (κ2) is 9.46. The zero-order valence-corrected chi connectivity index (χ0v) is 17.2. The fraction of sp³-hybridized carbons (Fsp3) is 0.273. The molecule has 6 heteroatoms. The molecule has 146 valence electrons. The molecular formula is C22H25N3O2S. The summed E-state index contributed by atoms with van der Waals surface area (Å²) in [5, 5.41) is 3.45. The molecule has 3 aromatic rings. The van der Waals surface area contributed by atoms with E-state index < -0.39 is 5.25 Å². The molecule has 0 fully saturated rings. The second-order valence-electron chi connectivity index (χ2n) is 6.50. The van der Waals surface area contributed by atoms with Gasteiger partial charge in [0, 0.05) is 18.9 Å². The quantitative estimate of drug-likeness (QED) is 0.540. The van der Waals surface area contributed by atoms with E-state index in [4.69, 9.17) is 4.74 Å². The maximum Gasteiger partial charge on any atom is 0.242 e. The first-order valence-corrected chi connectivity index (χ1v) is 10.2. The predicted molar refractivity (Wildman–Crippen MR) is 114 cm³/mol. The highest BCUT2D eigenvalue weighted by Gasteiger charge is 2.25. The summed E-state index contributed by atoms with van der Waals surface area (Å²) < 4.78 is 7.49. The Morgan fingerprint density at radius 2 is 2.04 bits per heavy atom. The summed E-state index contributed by atoms with van der Waals surface area (Å²) in [5.74, 6) is 0.536. The van der Waals surface area contributed by atoms with Crippen LogP contribution in [0, 0.1) is 6.92 Å². The van der Waals surface area contributed by atoms with E-state index in [1.807, 2.05) is 61.7 Å². The number of carbonyl (C=O) groups excluding carboxylic acids is 1. The molecule has 0 radical (unpaired) electrons. The van der Waals surface area contributed by atoms with E-state index in [1.165, 1.54) is 11.8 Å². The Hall–Kier alpha value is -2.73. The van der Waals surface area contributed by atoms with Gasteiger partial charge in [-0.2, -0.15) is 0 Å². The molecule has 1 heterocycles. The Bertz CT molecular complexity index is 925. The molecule has 1 atom stereocenters. The first-order valence-electron chi connectivity index (χ1n) is 9.30. The number of amides is 1. The SMILES string of the molecule is CCCn1ccnc1SC(C(=O)Nc1cc(C)ccc1OC)c1ccccc1. The van der Waals surface area contributed by atoms with Gasteiger partial charge in [-0.05, 0) is 36.6 Å². The molecule has 0 aliphatic rings. The van der Waals surface area contributed by atoms with E-state index >= 15 is 0 Å². The summed E-state index contributed by atoms with van der Waals surface area (Å²) in [6.07, 6.45) is 4.74. The van der Waals surface area contributed by atoms with Crippen LogP contribution in [-0.4, -0.2) is 22.6 Å². The molecule has 1 amide bonds. The summed E-state index contributed by atoms with van der Waals surface area (Å²) >= 11 is 1.46. The normalized spacial score (nSPS) is 11.8. The number of rotatable bonds is 8. The van der Waals surface area contributed by atoms with Crippen molar-refractivity contribution in [2.24, 2.45) is 0 Å². The van der Waals surface area contributed by atoms with Crippen molar-refractivity contribution >= 4 is 23.4 Å². The smallest absolute Gasteiger partial charge is 0.242 e. The number of anilines is 1. The lowest BCUT2D eigenvalue weighted by atomic mass is 10.1.